The number of benzene rings is 3. The molecule has 0 unspecified atom stereocenters. The van der Waals surface area contributed by atoms with Crippen LogP contribution in [-0.4, -0.2) is 11.4 Å². The van der Waals surface area contributed by atoms with E-state index in [0.717, 1.165) is 20.1 Å². The van der Waals surface area contributed by atoms with Gasteiger partial charge >= 0.3 is 6.97 Å². The number of aromatic nitrogens is 1. The normalized spacial score (nSPS) is 14.9. The summed E-state index contributed by atoms with van der Waals surface area (Å²) in [6.45, 7) is 2.98. The van der Waals surface area contributed by atoms with E-state index < -0.39 is 12.8 Å². The van der Waals surface area contributed by atoms with Crippen molar-refractivity contribution in [2.24, 2.45) is 0 Å². The molecule has 2 aliphatic heterocycles. The molecule has 41 heavy (non-hydrogen) atoms. The van der Waals surface area contributed by atoms with Gasteiger partial charge in [0, 0.05) is 29.0 Å². The van der Waals surface area contributed by atoms with Crippen molar-refractivity contribution in [3.05, 3.63) is 142 Å². The van der Waals surface area contributed by atoms with Crippen LogP contribution in [0.3, 0.4) is 0 Å². The zero-order valence-corrected chi connectivity index (χ0v) is 21.2. The van der Waals surface area contributed by atoms with Crippen LogP contribution in [0.25, 0.3) is 50.2 Å². The van der Waals surface area contributed by atoms with E-state index >= 15 is 8.63 Å². The van der Waals surface area contributed by atoms with E-state index in [1.165, 1.54) is 18.2 Å². The summed E-state index contributed by atoms with van der Waals surface area (Å²) in [4.78, 5) is 3.29. The van der Waals surface area contributed by atoms with Crippen molar-refractivity contribution in [3.8, 4) is 22.6 Å². The minimum atomic E-state index is -4.42. The Morgan fingerprint density at radius 2 is 1.46 bits per heavy atom. The Labute approximate surface area is 230 Å². The van der Waals surface area contributed by atoms with Crippen molar-refractivity contribution in [3.63, 3.8) is 0 Å². The van der Waals surface area contributed by atoms with Gasteiger partial charge in [-0.1, -0.05) is 66.7 Å². The van der Waals surface area contributed by atoms with Crippen LogP contribution in [-0.2, 0) is 0 Å². The lowest BCUT2D eigenvalue weighted by Crippen LogP contribution is -2.56. The lowest BCUT2D eigenvalue weighted by molar-refractivity contribution is 0.513. The molecule has 2 aliphatic rings. The van der Waals surface area contributed by atoms with E-state index in [1.54, 1.807) is 24.3 Å². The molecular weight excluding hydrogens is 526 g/mol. The number of nitrogens with zero attached hydrogens (tertiary/aromatic N) is 3. The van der Waals surface area contributed by atoms with Gasteiger partial charge in [-0.25, -0.2) is 9.24 Å². The summed E-state index contributed by atoms with van der Waals surface area (Å²) in [5.74, 6) is 0.256. The highest BCUT2D eigenvalue weighted by Crippen LogP contribution is 2.43. The summed E-state index contributed by atoms with van der Waals surface area (Å²) in [7, 11) is 0. The van der Waals surface area contributed by atoms with Gasteiger partial charge in [-0.3, -0.25) is 0 Å². The summed E-state index contributed by atoms with van der Waals surface area (Å²) in [5.41, 5.74) is 3.42. The predicted molar refractivity (Wildman–Crippen MR) is 151 cm³/mol. The molecule has 0 radical (unpaired) electrons. The zero-order chi connectivity index (χ0) is 27.9. The molecule has 0 spiro atoms. The fraction of sp³-hybridized carbons (Fsp3) is 0. The van der Waals surface area contributed by atoms with Crippen LogP contribution in [0, 0.1) is 12.4 Å². The van der Waals surface area contributed by atoms with Crippen molar-refractivity contribution < 1.29 is 21.9 Å². The van der Waals surface area contributed by atoms with Crippen molar-refractivity contribution in [1.82, 2.24) is 8.96 Å². The third-order valence-electron chi connectivity index (χ3n) is 7.66. The maximum atomic E-state index is 16.8. The van der Waals surface area contributed by atoms with Crippen molar-refractivity contribution in [2.45, 2.75) is 0 Å². The molecule has 0 atom stereocenters. The number of fused-ring (bicyclic) bond motifs is 5. The highest BCUT2D eigenvalue weighted by molar-refractivity contribution is 6.65. The summed E-state index contributed by atoms with van der Waals surface area (Å²) in [5, 5.41) is 0.230. The number of furan rings is 2. The van der Waals surface area contributed by atoms with Crippen LogP contribution in [0.15, 0.2) is 112 Å². The van der Waals surface area contributed by atoms with Crippen LogP contribution in [0.2, 0.25) is 0 Å². The van der Waals surface area contributed by atoms with Crippen LogP contribution in [0.5, 0.6) is 0 Å². The topological polar surface area (TPSA) is 38.6 Å². The second-order valence-electron chi connectivity index (χ2n) is 9.99. The first kappa shape index (κ1) is 23.4. The Morgan fingerprint density at radius 3 is 2.15 bits per heavy atom. The van der Waals surface area contributed by atoms with E-state index in [0.29, 0.717) is 33.7 Å². The summed E-state index contributed by atoms with van der Waals surface area (Å²) in [6.07, 6.45) is 1.58. The van der Waals surface area contributed by atoms with Gasteiger partial charge in [-0.05, 0) is 17.7 Å². The predicted octanol–water partition coefficient (Wildman–Crippen LogP) is 6.83. The molecule has 3 aromatic carbocycles. The molecule has 0 saturated carbocycles. The van der Waals surface area contributed by atoms with Gasteiger partial charge < -0.3 is 26.4 Å². The van der Waals surface area contributed by atoms with Crippen LogP contribution >= 0.6 is 0 Å². The average molecular weight is 543 g/mol. The molecule has 0 amide bonds. The van der Waals surface area contributed by atoms with E-state index in [4.69, 9.17) is 15.4 Å². The summed E-state index contributed by atoms with van der Waals surface area (Å²) >= 11 is 0. The average Bonchev–Trinajstić information content (AvgIpc) is 3.74. The first-order valence-corrected chi connectivity index (χ1v) is 12.9. The molecule has 0 fully saturated rings. The number of allylic oxidation sites excluding steroid dienone is 1. The van der Waals surface area contributed by atoms with E-state index in [-0.39, 0.29) is 28.0 Å². The standard InChI is InChI=1S/C32H17BF3N3O2/c1-37-23-14-21(12-13-22(23)34)32-26-17-30-24(15-28(40-30)19-8-4-2-5-9-19)38(26)33(35,36)39-25-16-29(20-10-6-3-7-11-20)41-31(25)18-27(32)39/h2-18H. The summed E-state index contributed by atoms with van der Waals surface area (Å²) < 4.78 is 62.1. The Hall–Kier alpha value is -5.49. The molecule has 3 aromatic heterocycles. The molecule has 5 heterocycles. The Balaban J connectivity index is 1.45. The molecule has 0 aliphatic carbocycles. The van der Waals surface area contributed by atoms with E-state index in [9.17, 15) is 4.39 Å². The monoisotopic (exact) mass is 543 g/mol. The summed E-state index contributed by atoms with van der Waals surface area (Å²) in [6, 6.07) is 27.4. The quantitative estimate of drug-likeness (QED) is 0.181. The van der Waals surface area contributed by atoms with Crippen molar-refractivity contribution in [1.29, 1.82) is 0 Å². The Kier molecular flexibility index (Phi) is 4.71. The van der Waals surface area contributed by atoms with E-state index in [2.05, 4.69) is 4.85 Å². The number of rotatable bonds is 3. The first-order chi connectivity index (χ1) is 19.9. The molecule has 6 aromatic rings. The highest BCUT2D eigenvalue weighted by Gasteiger charge is 2.54. The van der Waals surface area contributed by atoms with Gasteiger partial charge in [0.2, 0.25) is 11.0 Å². The largest absolute Gasteiger partial charge is 0.738 e. The second kappa shape index (κ2) is 8.26. The lowest BCUT2D eigenvalue weighted by atomic mass is 9.86. The molecule has 0 N–H and O–H groups in total. The maximum Gasteiger partial charge on any atom is 0.738 e. The maximum absolute atomic E-state index is 16.8. The van der Waals surface area contributed by atoms with Crippen molar-refractivity contribution >= 4 is 35.4 Å². The van der Waals surface area contributed by atoms with Gasteiger partial charge in [0.1, 0.15) is 22.9 Å². The van der Waals surface area contributed by atoms with Gasteiger partial charge in [-0.15, -0.1) is 0 Å². The zero-order valence-electron chi connectivity index (χ0n) is 21.2. The number of hydrogen-bond acceptors (Lipinski definition) is 2. The van der Waals surface area contributed by atoms with Gasteiger partial charge in [0.15, 0.2) is 11.1 Å². The van der Waals surface area contributed by atoms with Crippen LogP contribution in [0.1, 0.15) is 11.3 Å². The highest BCUT2D eigenvalue weighted by atomic mass is 19.2. The molecular formula is C32H17BF3N3O2. The molecule has 9 heteroatoms. The van der Waals surface area contributed by atoms with Gasteiger partial charge in [0.25, 0.3) is 0 Å². The minimum Gasteiger partial charge on any atom is -0.455 e. The molecule has 0 saturated heterocycles. The fourth-order valence-electron chi connectivity index (χ4n) is 5.86. The Morgan fingerprint density at radius 1 is 0.780 bits per heavy atom. The van der Waals surface area contributed by atoms with Crippen molar-refractivity contribution in [2.75, 3.05) is 0 Å². The van der Waals surface area contributed by atoms with E-state index in [1.807, 2.05) is 60.7 Å². The van der Waals surface area contributed by atoms with Gasteiger partial charge in [0.05, 0.1) is 29.8 Å². The molecule has 196 valence electrons. The second-order valence-corrected chi connectivity index (χ2v) is 9.99. The SMILES string of the molecule is [C-]#[N+]c1cc(C2=C3C=c4oc(-c5ccccc5)cc4=[N+]3[B-](F)(F)n3c2cc2oc(-c4ccccc4)cc23)ccc1F. The third-order valence-corrected chi connectivity index (χ3v) is 7.66. The van der Waals surface area contributed by atoms with Gasteiger partial charge in [-0.2, -0.15) is 0 Å². The molecule has 5 nitrogen and oxygen atoms in total. The number of halogens is 3. The fourth-order valence-corrected chi connectivity index (χ4v) is 5.86. The molecule has 0 bridgehead atoms. The van der Waals surface area contributed by atoms with Crippen LogP contribution < -0.4 is 15.3 Å². The first-order valence-electron chi connectivity index (χ1n) is 12.9. The number of hydrogen-bond donors (Lipinski definition) is 0. The Bertz CT molecular complexity index is 2260. The van der Waals surface area contributed by atoms with Crippen LogP contribution in [0.4, 0.5) is 18.7 Å². The smallest absolute Gasteiger partial charge is 0.455 e. The molecule has 8 rings (SSSR count). The third kappa shape index (κ3) is 3.28. The lowest BCUT2D eigenvalue weighted by Gasteiger charge is -2.31. The minimum absolute atomic E-state index is 0.195.